The maximum Gasteiger partial charge on any atom is 0.193 e. The minimum Gasteiger partial charge on any atom is -0.497 e. The molecule has 28 heavy (non-hydrogen) atoms. The highest BCUT2D eigenvalue weighted by Gasteiger charge is 2.07. The van der Waals surface area contributed by atoms with Gasteiger partial charge in [-0.25, -0.2) is 4.68 Å². The summed E-state index contributed by atoms with van der Waals surface area (Å²) in [4.78, 5) is 6.49. The largest absolute Gasteiger partial charge is 0.497 e. The van der Waals surface area contributed by atoms with Crippen molar-refractivity contribution in [2.75, 3.05) is 21.2 Å². The highest BCUT2D eigenvalue weighted by atomic mass is 127. The first-order valence-corrected chi connectivity index (χ1v) is 8.83. The lowest BCUT2D eigenvalue weighted by Gasteiger charge is -2.22. The number of methoxy groups -OCH3 is 1. The summed E-state index contributed by atoms with van der Waals surface area (Å²) in [7, 11) is 5.50. The second-order valence-electron chi connectivity index (χ2n) is 6.23. The summed E-state index contributed by atoms with van der Waals surface area (Å²) < 4.78 is 7.07. The van der Waals surface area contributed by atoms with E-state index in [1.165, 1.54) is 11.1 Å². The van der Waals surface area contributed by atoms with E-state index in [1.807, 2.05) is 48.3 Å². The Hall–Kier alpha value is -2.55. The molecule has 0 aliphatic carbocycles. The molecule has 7 heteroatoms. The molecule has 0 amide bonds. The van der Waals surface area contributed by atoms with Crippen LogP contribution in [0.4, 0.5) is 0 Å². The maximum atomic E-state index is 5.21. The van der Waals surface area contributed by atoms with Crippen LogP contribution < -0.4 is 10.1 Å². The zero-order chi connectivity index (χ0) is 19.1. The third-order valence-electron chi connectivity index (χ3n) is 4.28. The molecule has 0 fully saturated rings. The number of aromatic nitrogens is 2. The van der Waals surface area contributed by atoms with Crippen molar-refractivity contribution in [1.82, 2.24) is 20.0 Å². The second kappa shape index (κ2) is 10.7. The standard InChI is InChI=1S/C21H25N5O.HI/c1-22-21(25(2)16-17-8-10-20(27-3)11-9-17)23-15-18-6-4-7-19(14-18)26-13-5-12-24-26;/h4-14H,15-16H2,1-3H3,(H,22,23);1H. The van der Waals surface area contributed by atoms with E-state index in [0.29, 0.717) is 6.54 Å². The van der Waals surface area contributed by atoms with Gasteiger partial charge in [0.05, 0.1) is 12.8 Å². The summed E-state index contributed by atoms with van der Waals surface area (Å²) in [6, 6.07) is 18.3. The molecular formula is C21H26IN5O. The molecule has 1 aromatic heterocycles. The highest BCUT2D eigenvalue weighted by molar-refractivity contribution is 14.0. The Labute approximate surface area is 183 Å². The van der Waals surface area contributed by atoms with Gasteiger partial charge in [-0.1, -0.05) is 24.3 Å². The molecule has 6 nitrogen and oxygen atoms in total. The minimum absolute atomic E-state index is 0. The third kappa shape index (κ3) is 5.72. The minimum atomic E-state index is 0. The van der Waals surface area contributed by atoms with Gasteiger partial charge in [-0.2, -0.15) is 5.10 Å². The lowest BCUT2D eigenvalue weighted by atomic mass is 10.2. The van der Waals surface area contributed by atoms with Gasteiger partial charge >= 0.3 is 0 Å². The summed E-state index contributed by atoms with van der Waals surface area (Å²) in [5.41, 5.74) is 3.41. The number of hydrogen-bond acceptors (Lipinski definition) is 3. The third-order valence-corrected chi connectivity index (χ3v) is 4.28. The van der Waals surface area contributed by atoms with Gasteiger partial charge in [-0.05, 0) is 41.5 Å². The van der Waals surface area contributed by atoms with Crippen LogP contribution in [0.3, 0.4) is 0 Å². The Morgan fingerprint density at radius 1 is 1.14 bits per heavy atom. The Morgan fingerprint density at radius 3 is 2.57 bits per heavy atom. The number of hydrogen-bond donors (Lipinski definition) is 1. The molecule has 148 valence electrons. The Balaban J connectivity index is 0.00000280. The number of guanidine groups is 1. The molecule has 0 spiro atoms. The van der Waals surface area contributed by atoms with Gasteiger partial charge in [-0.15, -0.1) is 24.0 Å². The van der Waals surface area contributed by atoms with Crippen LogP contribution in [0.2, 0.25) is 0 Å². The van der Waals surface area contributed by atoms with E-state index in [-0.39, 0.29) is 24.0 Å². The van der Waals surface area contributed by atoms with Crippen LogP contribution in [0.5, 0.6) is 5.75 Å². The highest BCUT2D eigenvalue weighted by Crippen LogP contribution is 2.13. The van der Waals surface area contributed by atoms with Crippen LogP contribution in [-0.4, -0.2) is 41.8 Å². The summed E-state index contributed by atoms with van der Waals surface area (Å²) in [6.07, 6.45) is 3.72. The van der Waals surface area contributed by atoms with Crippen molar-refractivity contribution >= 4 is 29.9 Å². The van der Waals surface area contributed by atoms with Crippen molar-refractivity contribution in [2.45, 2.75) is 13.1 Å². The number of aliphatic imine (C=N–C) groups is 1. The van der Waals surface area contributed by atoms with Gasteiger partial charge in [0.1, 0.15) is 5.75 Å². The van der Waals surface area contributed by atoms with Crippen LogP contribution in [0.1, 0.15) is 11.1 Å². The molecule has 2 aromatic carbocycles. The van der Waals surface area contributed by atoms with E-state index in [0.717, 1.165) is 23.9 Å². The second-order valence-corrected chi connectivity index (χ2v) is 6.23. The summed E-state index contributed by atoms with van der Waals surface area (Å²) in [5.74, 6) is 1.70. The first-order valence-electron chi connectivity index (χ1n) is 8.83. The quantitative estimate of drug-likeness (QED) is 0.325. The monoisotopic (exact) mass is 491 g/mol. The summed E-state index contributed by atoms with van der Waals surface area (Å²) >= 11 is 0. The Morgan fingerprint density at radius 2 is 1.93 bits per heavy atom. The fourth-order valence-corrected chi connectivity index (χ4v) is 2.88. The number of benzene rings is 2. The topological polar surface area (TPSA) is 54.7 Å². The van der Waals surface area contributed by atoms with Crippen LogP contribution in [0.15, 0.2) is 72.0 Å². The van der Waals surface area contributed by atoms with Crippen molar-refractivity contribution in [1.29, 1.82) is 0 Å². The first-order chi connectivity index (χ1) is 13.2. The van der Waals surface area contributed by atoms with Crippen molar-refractivity contribution in [2.24, 2.45) is 4.99 Å². The van der Waals surface area contributed by atoms with Crippen LogP contribution in [-0.2, 0) is 13.1 Å². The lowest BCUT2D eigenvalue weighted by molar-refractivity contribution is 0.414. The van der Waals surface area contributed by atoms with Gasteiger partial charge in [0, 0.05) is 39.6 Å². The first kappa shape index (κ1) is 21.7. The molecule has 0 aliphatic heterocycles. The Kier molecular flexibility index (Phi) is 8.31. The van der Waals surface area contributed by atoms with Crippen LogP contribution in [0, 0.1) is 0 Å². The molecule has 0 radical (unpaired) electrons. The molecule has 1 N–H and O–H groups in total. The van der Waals surface area contributed by atoms with E-state index < -0.39 is 0 Å². The fraction of sp³-hybridized carbons (Fsp3) is 0.238. The molecule has 0 aliphatic rings. The predicted octanol–water partition coefficient (Wildman–Crippen LogP) is 3.71. The van der Waals surface area contributed by atoms with Gasteiger partial charge in [0.15, 0.2) is 5.96 Å². The zero-order valence-electron chi connectivity index (χ0n) is 16.4. The number of halogens is 1. The van der Waals surface area contributed by atoms with Gasteiger partial charge in [-0.3, -0.25) is 4.99 Å². The molecule has 3 rings (SSSR count). The van der Waals surface area contributed by atoms with Crippen molar-refractivity contribution < 1.29 is 4.74 Å². The van der Waals surface area contributed by atoms with Crippen molar-refractivity contribution in [3.05, 3.63) is 78.1 Å². The summed E-state index contributed by atoms with van der Waals surface area (Å²) in [5, 5.41) is 7.70. The molecule has 0 bridgehead atoms. The smallest absolute Gasteiger partial charge is 0.193 e. The zero-order valence-corrected chi connectivity index (χ0v) is 18.7. The molecule has 0 saturated carbocycles. The predicted molar refractivity (Wildman–Crippen MR) is 124 cm³/mol. The average molecular weight is 491 g/mol. The molecule has 3 aromatic rings. The molecule has 0 unspecified atom stereocenters. The molecular weight excluding hydrogens is 465 g/mol. The SMILES string of the molecule is CN=C(NCc1cccc(-n2cccn2)c1)N(C)Cc1ccc(OC)cc1.I. The molecule has 1 heterocycles. The van der Waals surface area contributed by atoms with Gasteiger partial charge in [0.2, 0.25) is 0 Å². The normalized spacial score (nSPS) is 10.9. The lowest BCUT2D eigenvalue weighted by Crippen LogP contribution is -2.38. The van der Waals surface area contributed by atoms with Gasteiger partial charge < -0.3 is 15.0 Å². The van der Waals surface area contributed by atoms with Crippen molar-refractivity contribution in [3.8, 4) is 11.4 Å². The number of nitrogens with zero attached hydrogens (tertiary/aromatic N) is 4. The number of ether oxygens (including phenoxy) is 1. The number of nitrogens with one attached hydrogen (secondary N) is 1. The van der Waals surface area contributed by atoms with Crippen molar-refractivity contribution in [3.63, 3.8) is 0 Å². The molecule has 0 saturated heterocycles. The average Bonchev–Trinajstić information content (AvgIpc) is 3.24. The van der Waals surface area contributed by atoms with E-state index in [2.05, 4.69) is 44.6 Å². The van der Waals surface area contributed by atoms with E-state index in [1.54, 1.807) is 20.4 Å². The van der Waals surface area contributed by atoms with Crippen LogP contribution in [0.25, 0.3) is 5.69 Å². The summed E-state index contributed by atoms with van der Waals surface area (Å²) in [6.45, 7) is 1.45. The fourth-order valence-electron chi connectivity index (χ4n) is 2.88. The van der Waals surface area contributed by atoms with E-state index in [4.69, 9.17) is 4.74 Å². The van der Waals surface area contributed by atoms with Crippen LogP contribution >= 0.6 is 24.0 Å². The Bertz CT molecular complexity index is 878. The molecule has 0 atom stereocenters. The van der Waals surface area contributed by atoms with Gasteiger partial charge in [0.25, 0.3) is 0 Å². The van der Waals surface area contributed by atoms with E-state index >= 15 is 0 Å². The number of rotatable bonds is 6. The van der Waals surface area contributed by atoms with E-state index in [9.17, 15) is 0 Å². The maximum absolute atomic E-state index is 5.21.